The molecule has 0 spiro atoms. The van der Waals surface area contributed by atoms with Crippen LogP contribution in [0, 0.1) is 5.41 Å². The molecule has 0 aliphatic carbocycles. The largest absolute Gasteiger partial charge is 0.573 e. The Kier molecular flexibility index (Phi) is 6.08. The summed E-state index contributed by atoms with van der Waals surface area (Å²) in [6, 6.07) is 6.58. The van der Waals surface area contributed by atoms with E-state index in [1.165, 1.54) is 12.1 Å². The molecule has 1 aromatic rings. The molecule has 0 saturated heterocycles. The average Bonchev–Trinajstić information content (AvgIpc) is 2.28. The molecule has 0 bridgehead atoms. The van der Waals surface area contributed by atoms with Crippen LogP contribution in [-0.4, -0.2) is 18.9 Å². The van der Waals surface area contributed by atoms with Crippen LogP contribution in [0.3, 0.4) is 0 Å². The first-order valence-electron chi connectivity index (χ1n) is 7.15. The van der Waals surface area contributed by atoms with Crippen molar-refractivity contribution in [3.8, 4) is 5.75 Å². The number of halogens is 3. The van der Waals surface area contributed by atoms with Gasteiger partial charge in [0.15, 0.2) is 0 Å². The lowest BCUT2D eigenvalue weighted by molar-refractivity contribution is -0.274. The van der Waals surface area contributed by atoms with E-state index < -0.39 is 6.36 Å². The number of nitrogens with one attached hydrogen (secondary N) is 1. The topological polar surface area (TPSA) is 21.3 Å². The minimum Gasteiger partial charge on any atom is -0.406 e. The molecule has 0 amide bonds. The third-order valence-corrected chi connectivity index (χ3v) is 3.19. The molecule has 0 saturated carbocycles. The number of alkyl halides is 3. The first-order valence-corrected chi connectivity index (χ1v) is 7.15. The molecule has 0 unspecified atom stereocenters. The second-order valence-corrected chi connectivity index (χ2v) is 6.39. The summed E-state index contributed by atoms with van der Waals surface area (Å²) < 4.78 is 40.1. The minimum atomic E-state index is -4.64. The van der Waals surface area contributed by atoms with Crippen LogP contribution in [0.15, 0.2) is 24.3 Å². The molecule has 0 radical (unpaired) electrons. The van der Waals surface area contributed by atoms with Crippen LogP contribution < -0.4 is 10.1 Å². The van der Waals surface area contributed by atoms with E-state index in [1.54, 1.807) is 12.1 Å². The maximum atomic E-state index is 12.1. The molecule has 0 aromatic heterocycles. The summed E-state index contributed by atoms with van der Waals surface area (Å²) in [7, 11) is 0. The maximum Gasteiger partial charge on any atom is 0.573 e. The van der Waals surface area contributed by atoms with Gasteiger partial charge in [-0.05, 0) is 42.5 Å². The highest BCUT2D eigenvalue weighted by atomic mass is 19.4. The summed E-state index contributed by atoms with van der Waals surface area (Å²) in [5.41, 5.74) is 1.10. The molecular weight excluding hydrogens is 279 g/mol. The van der Waals surface area contributed by atoms with E-state index in [2.05, 4.69) is 37.7 Å². The van der Waals surface area contributed by atoms with E-state index in [1.807, 2.05) is 0 Å². The number of rotatable bonds is 7. The minimum absolute atomic E-state index is 0.0916. The smallest absolute Gasteiger partial charge is 0.406 e. The lowest BCUT2D eigenvalue weighted by atomic mass is 9.82. The van der Waals surface area contributed by atoms with Gasteiger partial charge in [0.2, 0.25) is 0 Å². The molecule has 1 rings (SSSR count). The van der Waals surface area contributed by atoms with Crippen LogP contribution in [0.4, 0.5) is 13.2 Å². The molecule has 0 heterocycles. The van der Waals surface area contributed by atoms with Crippen molar-refractivity contribution in [3.05, 3.63) is 29.8 Å². The first kappa shape index (κ1) is 17.8. The third kappa shape index (κ3) is 7.95. The summed E-state index contributed by atoms with van der Waals surface area (Å²) in [6.07, 6.45) is -2.81. The highest BCUT2D eigenvalue weighted by molar-refractivity contribution is 5.28. The second kappa shape index (κ2) is 7.16. The van der Waals surface area contributed by atoms with E-state index in [-0.39, 0.29) is 11.2 Å². The Balaban J connectivity index is 2.54. The lowest BCUT2D eigenvalue weighted by Gasteiger charge is -2.25. The van der Waals surface area contributed by atoms with Gasteiger partial charge in [0.25, 0.3) is 0 Å². The van der Waals surface area contributed by atoms with Gasteiger partial charge in [0, 0.05) is 6.04 Å². The van der Waals surface area contributed by atoms with Crippen LogP contribution in [0.5, 0.6) is 5.75 Å². The summed E-state index contributed by atoms with van der Waals surface area (Å²) in [5, 5.41) is 3.38. The third-order valence-electron chi connectivity index (χ3n) is 3.19. The molecule has 2 nitrogen and oxygen atoms in total. The van der Waals surface area contributed by atoms with Crippen LogP contribution >= 0.6 is 0 Å². The summed E-state index contributed by atoms with van der Waals surface area (Å²) in [4.78, 5) is 0. The maximum absolute atomic E-state index is 12.1. The summed E-state index contributed by atoms with van der Waals surface area (Å²) >= 11 is 0. The summed E-state index contributed by atoms with van der Waals surface area (Å²) in [6.45, 7) is 9.46. The highest BCUT2D eigenvalue weighted by Crippen LogP contribution is 2.28. The molecule has 21 heavy (non-hydrogen) atoms. The van der Waals surface area contributed by atoms with Gasteiger partial charge in [0.1, 0.15) is 5.75 Å². The average molecular weight is 303 g/mol. The molecule has 1 aromatic carbocycles. The van der Waals surface area contributed by atoms with Crippen molar-refractivity contribution in [2.75, 3.05) is 6.54 Å². The van der Waals surface area contributed by atoms with Crippen molar-refractivity contribution in [2.45, 2.75) is 52.9 Å². The monoisotopic (exact) mass is 303 g/mol. The SMILES string of the molecule is CC(C)NCCC(C)(C)Cc1ccc(OC(F)(F)F)cc1. The predicted molar refractivity (Wildman–Crippen MR) is 78.4 cm³/mol. The van der Waals surface area contributed by atoms with Gasteiger partial charge in [0.05, 0.1) is 0 Å². The zero-order chi connectivity index (χ0) is 16.1. The standard InChI is InChI=1S/C16H24F3NO/c1-12(2)20-10-9-15(3,4)11-13-5-7-14(8-6-13)21-16(17,18)19/h5-8,12,20H,9-11H2,1-4H3. The van der Waals surface area contributed by atoms with Gasteiger partial charge in [-0.25, -0.2) is 0 Å². The Morgan fingerprint density at radius 1 is 1.10 bits per heavy atom. The number of ether oxygens (including phenoxy) is 1. The van der Waals surface area contributed by atoms with Crippen molar-refractivity contribution in [1.29, 1.82) is 0 Å². The van der Waals surface area contributed by atoms with E-state index in [4.69, 9.17) is 0 Å². The zero-order valence-corrected chi connectivity index (χ0v) is 13.1. The van der Waals surface area contributed by atoms with Gasteiger partial charge in [-0.1, -0.05) is 39.8 Å². The quantitative estimate of drug-likeness (QED) is 0.798. The molecule has 120 valence electrons. The number of hydrogen-bond acceptors (Lipinski definition) is 2. The number of hydrogen-bond donors (Lipinski definition) is 1. The molecule has 0 fully saturated rings. The highest BCUT2D eigenvalue weighted by Gasteiger charge is 2.31. The van der Waals surface area contributed by atoms with Gasteiger partial charge >= 0.3 is 6.36 Å². The van der Waals surface area contributed by atoms with Crippen molar-refractivity contribution in [2.24, 2.45) is 5.41 Å². The van der Waals surface area contributed by atoms with Gasteiger partial charge in [-0.15, -0.1) is 13.2 Å². The first-order chi connectivity index (χ1) is 9.57. The van der Waals surface area contributed by atoms with E-state index in [0.29, 0.717) is 6.04 Å². The van der Waals surface area contributed by atoms with Crippen molar-refractivity contribution in [1.82, 2.24) is 5.32 Å². The van der Waals surface area contributed by atoms with Crippen molar-refractivity contribution in [3.63, 3.8) is 0 Å². The van der Waals surface area contributed by atoms with Gasteiger partial charge in [-0.2, -0.15) is 0 Å². The molecule has 0 atom stereocenters. The second-order valence-electron chi connectivity index (χ2n) is 6.39. The number of benzene rings is 1. The fourth-order valence-corrected chi connectivity index (χ4v) is 2.15. The fourth-order valence-electron chi connectivity index (χ4n) is 2.15. The van der Waals surface area contributed by atoms with Crippen molar-refractivity contribution < 1.29 is 17.9 Å². The predicted octanol–water partition coefficient (Wildman–Crippen LogP) is 4.54. The van der Waals surface area contributed by atoms with Crippen LogP contribution in [-0.2, 0) is 6.42 Å². The Morgan fingerprint density at radius 2 is 1.67 bits per heavy atom. The molecule has 1 N–H and O–H groups in total. The Labute approximate surface area is 124 Å². The molecule has 0 aliphatic rings. The molecule has 5 heteroatoms. The van der Waals surface area contributed by atoms with Crippen LogP contribution in [0.25, 0.3) is 0 Å². The van der Waals surface area contributed by atoms with E-state index >= 15 is 0 Å². The van der Waals surface area contributed by atoms with E-state index in [9.17, 15) is 13.2 Å². The molecular formula is C16H24F3NO. The normalized spacial score (nSPS) is 12.8. The van der Waals surface area contributed by atoms with Gasteiger partial charge in [-0.3, -0.25) is 0 Å². The summed E-state index contributed by atoms with van der Waals surface area (Å²) in [5.74, 6) is -0.175. The van der Waals surface area contributed by atoms with E-state index in [0.717, 1.165) is 24.9 Å². The zero-order valence-electron chi connectivity index (χ0n) is 13.1. The Hall–Kier alpha value is -1.23. The lowest BCUT2D eigenvalue weighted by Crippen LogP contribution is -2.28. The van der Waals surface area contributed by atoms with Gasteiger partial charge < -0.3 is 10.1 Å². The Bertz CT molecular complexity index is 424. The Morgan fingerprint density at radius 3 is 2.14 bits per heavy atom. The molecule has 0 aliphatic heterocycles. The van der Waals surface area contributed by atoms with Crippen molar-refractivity contribution >= 4 is 0 Å². The van der Waals surface area contributed by atoms with Crippen LogP contribution in [0.1, 0.15) is 39.7 Å². The fraction of sp³-hybridized carbons (Fsp3) is 0.625. The van der Waals surface area contributed by atoms with Crippen LogP contribution in [0.2, 0.25) is 0 Å².